The van der Waals surface area contributed by atoms with E-state index >= 15 is 4.39 Å². The molecule has 2 aliphatic heterocycles. The van der Waals surface area contributed by atoms with Crippen LogP contribution in [0.2, 0.25) is 0 Å². The first-order valence-electron chi connectivity index (χ1n) is 8.27. The second-order valence-corrected chi connectivity index (χ2v) is 8.92. The number of nitrogens with zero attached hydrogens (tertiary/aromatic N) is 2. The summed E-state index contributed by atoms with van der Waals surface area (Å²) < 4.78 is 20.9. The minimum Gasteiger partial charge on any atom is -0.379 e. The average Bonchev–Trinajstić information content (AvgIpc) is 2.68. The minimum absolute atomic E-state index is 0.0107. The summed E-state index contributed by atoms with van der Waals surface area (Å²) in [6.45, 7) is 17.6. The summed E-state index contributed by atoms with van der Waals surface area (Å²) in [5.74, 6) is 0. The lowest BCUT2D eigenvalue weighted by atomic mass is 9.82. The first-order valence-corrected chi connectivity index (χ1v) is 8.27. The van der Waals surface area contributed by atoms with Crippen LogP contribution in [0, 0.1) is 5.41 Å². The van der Waals surface area contributed by atoms with Crippen molar-refractivity contribution in [3.63, 3.8) is 0 Å². The molecule has 2 heterocycles. The van der Waals surface area contributed by atoms with Gasteiger partial charge in [0.25, 0.3) is 0 Å². The third-order valence-electron chi connectivity index (χ3n) is 4.86. The molecule has 0 unspecified atom stereocenters. The van der Waals surface area contributed by atoms with Crippen LogP contribution in [0.15, 0.2) is 0 Å². The molecule has 2 fully saturated rings. The summed E-state index contributed by atoms with van der Waals surface area (Å²) in [5, 5.41) is 0. The maximum absolute atomic E-state index is 15.5. The van der Waals surface area contributed by atoms with Crippen molar-refractivity contribution in [2.45, 2.75) is 65.2 Å². The highest BCUT2D eigenvalue weighted by atomic mass is 19.1. The van der Waals surface area contributed by atoms with Gasteiger partial charge >= 0.3 is 0 Å². The number of morpholine rings is 1. The summed E-state index contributed by atoms with van der Waals surface area (Å²) >= 11 is 0. The van der Waals surface area contributed by atoms with Gasteiger partial charge in [0.15, 0.2) is 0 Å². The van der Waals surface area contributed by atoms with Gasteiger partial charge in [0.1, 0.15) is 5.67 Å². The van der Waals surface area contributed by atoms with Crippen molar-refractivity contribution in [3.8, 4) is 0 Å². The van der Waals surface area contributed by atoms with Gasteiger partial charge in [-0.15, -0.1) is 0 Å². The van der Waals surface area contributed by atoms with Gasteiger partial charge < -0.3 is 4.74 Å². The van der Waals surface area contributed by atoms with Crippen molar-refractivity contribution in [1.29, 1.82) is 0 Å². The highest BCUT2D eigenvalue weighted by Gasteiger charge is 2.51. The maximum atomic E-state index is 15.5. The van der Waals surface area contributed by atoms with Crippen molar-refractivity contribution < 1.29 is 9.13 Å². The van der Waals surface area contributed by atoms with E-state index in [-0.39, 0.29) is 11.0 Å². The van der Waals surface area contributed by atoms with Gasteiger partial charge in [-0.05, 0) is 32.6 Å². The zero-order valence-electron chi connectivity index (χ0n) is 14.7. The molecule has 0 aromatic carbocycles. The second-order valence-electron chi connectivity index (χ2n) is 8.92. The van der Waals surface area contributed by atoms with Crippen molar-refractivity contribution >= 4 is 0 Å². The predicted octanol–water partition coefficient (Wildman–Crippen LogP) is 2.95. The average molecular weight is 300 g/mol. The molecular formula is C17H33FN2O. The van der Waals surface area contributed by atoms with Gasteiger partial charge in [-0.2, -0.15) is 0 Å². The number of alkyl halides is 1. The van der Waals surface area contributed by atoms with E-state index in [2.05, 4.69) is 51.3 Å². The molecule has 2 aliphatic rings. The van der Waals surface area contributed by atoms with Crippen LogP contribution in [0.1, 0.15) is 48.0 Å². The molecule has 0 amide bonds. The van der Waals surface area contributed by atoms with E-state index in [0.717, 1.165) is 26.3 Å². The van der Waals surface area contributed by atoms with Crippen LogP contribution < -0.4 is 0 Å². The van der Waals surface area contributed by atoms with Gasteiger partial charge in [-0.3, -0.25) is 9.80 Å². The molecule has 124 valence electrons. The van der Waals surface area contributed by atoms with E-state index in [4.69, 9.17) is 4.74 Å². The molecule has 2 rings (SSSR count). The standard InChI is InChI=1S/C17H33FN2O/c1-15(2,3)14-11-17(18,13-20(14)16(4,5)6)12-19-7-9-21-10-8-19/h14H,7-13H2,1-6H3/t14-,17-/m0/s1. The minimum atomic E-state index is -1.09. The van der Waals surface area contributed by atoms with Gasteiger partial charge in [-0.25, -0.2) is 4.39 Å². The van der Waals surface area contributed by atoms with E-state index in [1.54, 1.807) is 0 Å². The summed E-state index contributed by atoms with van der Waals surface area (Å²) in [7, 11) is 0. The van der Waals surface area contributed by atoms with Crippen molar-refractivity contribution in [2.24, 2.45) is 5.41 Å². The predicted molar refractivity (Wildman–Crippen MR) is 85.4 cm³/mol. The van der Waals surface area contributed by atoms with Gasteiger partial charge in [0.2, 0.25) is 0 Å². The highest BCUT2D eigenvalue weighted by Crippen LogP contribution is 2.43. The summed E-state index contributed by atoms with van der Waals surface area (Å²) in [6.07, 6.45) is 0.644. The van der Waals surface area contributed by atoms with Crippen LogP contribution >= 0.6 is 0 Å². The van der Waals surface area contributed by atoms with Crippen LogP contribution in [-0.2, 0) is 4.74 Å². The fourth-order valence-electron chi connectivity index (χ4n) is 3.69. The normalized spacial score (nSPS) is 33.6. The number of hydrogen-bond acceptors (Lipinski definition) is 3. The number of halogens is 1. The van der Waals surface area contributed by atoms with E-state index in [1.807, 2.05) is 0 Å². The first-order chi connectivity index (χ1) is 9.51. The molecular weight excluding hydrogens is 267 g/mol. The Morgan fingerprint density at radius 3 is 2.10 bits per heavy atom. The highest BCUT2D eigenvalue weighted by molar-refractivity contribution is 5.05. The Morgan fingerprint density at radius 1 is 1.10 bits per heavy atom. The van der Waals surface area contributed by atoms with Crippen molar-refractivity contribution in [1.82, 2.24) is 9.80 Å². The molecule has 0 spiro atoms. The van der Waals surface area contributed by atoms with Gasteiger partial charge in [0, 0.05) is 37.8 Å². The summed E-state index contributed by atoms with van der Waals surface area (Å²) in [5.41, 5.74) is -0.981. The van der Waals surface area contributed by atoms with Crippen LogP contribution in [0.4, 0.5) is 4.39 Å². The van der Waals surface area contributed by atoms with E-state index < -0.39 is 5.67 Å². The number of likely N-dealkylation sites (tertiary alicyclic amines) is 1. The monoisotopic (exact) mass is 300 g/mol. The van der Waals surface area contributed by atoms with Gasteiger partial charge in [0.05, 0.1) is 13.2 Å². The zero-order valence-corrected chi connectivity index (χ0v) is 14.7. The smallest absolute Gasteiger partial charge is 0.137 e. The zero-order chi connectivity index (χ0) is 15.9. The molecule has 0 saturated carbocycles. The lowest BCUT2D eigenvalue weighted by Crippen LogP contribution is -2.50. The second kappa shape index (κ2) is 5.78. The SMILES string of the molecule is CC(C)(C)[C@@H]1C[C@](F)(CN2CCOCC2)CN1C(C)(C)C. The summed E-state index contributed by atoms with van der Waals surface area (Å²) in [4.78, 5) is 4.61. The molecule has 4 heteroatoms. The summed E-state index contributed by atoms with van der Waals surface area (Å²) in [6, 6.07) is 0.295. The van der Waals surface area contributed by atoms with Crippen LogP contribution in [0.3, 0.4) is 0 Å². The molecule has 3 nitrogen and oxygen atoms in total. The fraction of sp³-hybridized carbons (Fsp3) is 1.00. The Hall–Kier alpha value is -0.190. The fourth-order valence-corrected chi connectivity index (χ4v) is 3.69. The quantitative estimate of drug-likeness (QED) is 0.780. The lowest BCUT2D eigenvalue weighted by Gasteiger charge is -2.42. The van der Waals surface area contributed by atoms with Crippen LogP contribution in [0.5, 0.6) is 0 Å². The van der Waals surface area contributed by atoms with E-state index in [0.29, 0.717) is 25.6 Å². The third kappa shape index (κ3) is 4.17. The Bertz CT molecular complexity index is 331. The van der Waals surface area contributed by atoms with Crippen LogP contribution in [-0.4, -0.2) is 66.4 Å². The maximum Gasteiger partial charge on any atom is 0.137 e. The third-order valence-corrected chi connectivity index (χ3v) is 4.86. The van der Waals surface area contributed by atoms with E-state index in [1.165, 1.54) is 0 Å². The first kappa shape index (κ1) is 17.2. The Labute approximate surface area is 129 Å². The molecule has 0 N–H and O–H groups in total. The molecule has 21 heavy (non-hydrogen) atoms. The number of rotatable bonds is 2. The topological polar surface area (TPSA) is 15.7 Å². The van der Waals surface area contributed by atoms with E-state index in [9.17, 15) is 0 Å². The largest absolute Gasteiger partial charge is 0.379 e. The molecule has 0 bridgehead atoms. The van der Waals surface area contributed by atoms with Crippen molar-refractivity contribution in [2.75, 3.05) is 39.4 Å². The number of hydrogen-bond donors (Lipinski definition) is 0. The van der Waals surface area contributed by atoms with Crippen molar-refractivity contribution in [3.05, 3.63) is 0 Å². The molecule has 0 aromatic rings. The van der Waals surface area contributed by atoms with Crippen LogP contribution in [0.25, 0.3) is 0 Å². The molecule has 2 atom stereocenters. The lowest BCUT2D eigenvalue weighted by molar-refractivity contribution is 0.00461. The molecule has 0 aromatic heterocycles. The van der Waals surface area contributed by atoms with Gasteiger partial charge in [-0.1, -0.05) is 20.8 Å². The number of ether oxygens (including phenoxy) is 1. The molecule has 2 saturated heterocycles. The molecule has 0 aliphatic carbocycles. The molecule has 0 radical (unpaired) electrons. The Morgan fingerprint density at radius 2 is 1.67 bits per heavy atom. The Balaban J connectivity index is 2.11. The Kier molecular flexibility index (Phi) is 4.73.